The highest BCUT2D eigenvalue weighted by Crippen LogP contribution is 2.53. The van der Waals surface area contributed by atoms with Crippen LogP contribution in [0, 0.1) is 23.7 Å². The number of rotatable bonds is 7. The second-order valence-corrected chi connectivity index (χ2v) is 10.0. The number of fused-ring (bicyclic) bond motifs is 5. The summed E-state index contributed by atoms with van der Waals surface area (Å²) >= 11 is 5.91. The summed E-state index contributed by atoms with van der Waals surface area (Å²) in [4.78, 5) is 53.3. The first kappa shape index (κ1) is 26.0. The van der Waals surface area contributed by atoms with Crippen LogP contribution >= 0.6 is 11.6 Å². The number of hydrogen-bond acceptors (Lipinski definition) is 5. The Labute approximate surface area is 220 Å². The monoisotopic (exact) mass is 546 g/mol. The number of anilines is 1. The molecule has 2 aromatic carbocycles. The molecule has 2 bridgehead atoms. The summed E-state index contributed by atoms with van der Waals surface area (Å²) in [5.41, 5.74) is -0.644. The summed E-state index contributed by atoms with van der Waals surface area (Å²) in [6.07, 6.45) is -0.0565. The predicted octanol–water partition coefficient (Wildman–Crippen LogP) is 4.26. The Morgan fingerprint density at radius 2 is 1.66 bits per heavy atom. The standard InChI is InChI=1S/C27H22ClF3N2O5/c28-18-9-8-17(27(29,30)31)12-19(18)32-21(34)13-38-26(37)20(10-14-4-2-1-3-5-14)33-24(35)22-15-6-7-16(11-15)23(22)25(33)36/h1-9,12,15-16,20,22-23H,10-11,13H2,(H,32,34)/t15-,16-,20-,22-,23+/m0/s1. The number of imide groups is 1. The number of carbonyl (C=O) groups excluding carboxylic acids is 4. The molecule has 0 spiro atoms. The second-order valence-electron chi connectivity index (χ2n) is 9.60. The minimum atomic E-state index is -4.65. The zero-order chi connectivity index (χ0) is 27.2. The smallest absolute Gasteiger partial charge is 0.416 e. The van der Waals surface area contributed by atoms with Gasteiger partial charge in [0.2, 0.25) is 11.8 Å². The number of allylic oxidation sites excluding steroid dienone is 2. The molecule has 5 rings (SSSR count). The summed E-state index contributed by atoms with van der Waals surface area (Å²) in [6.45, 7) is -0.855. The lowest BCUT2D eigenvalue weighted by Gasteiger charge is -2.26. The summed E-state index contributed by atoms with van der Waals surface area (Å²) < 4.78 is 44.2. The molecule has 1 saturated heterocycles. The molecule has 38 heavy (non-hydrogen) atoms. The molecule has 0 radical (unpaired) electrons. The minimum absolute atomic E-state index is 0.0135. The van der Waals surface area contributed by atoms with E-state index in [1.807, 2.05) is 12.2 Å². The van der Waals surface area contributed by atoms with Gasteiger partial charge < -0.3 is 10.1 Å². The van der Waals surface area contributed by atoms with Crippen LogP contribution in [0.4, 0.5) is 18.9 Å². The molecule has 198 valence electrons. The quantitative estimate of drug-likeness (QED) is 0.318. The molecule has 0 aromatic heterocycles. The third kappa shape index (κ3) is 4.80. The van der Waals surface area contributed by atoms with E-state index in [0.29, 0.717) is 11.6 Å². The topological polar surface area (TPSA) is 92.8 Å². The molecule has 2 aliphatic carbocycles. The van der Waals surface area contributed by atoms with Crippen LogP contribution in [0.2, 0.25) is 5.02 Å². The van der Waals surface area contributed by atoms with Crippen LogP contribution < -0.4 is 5.32 Å². The molecule has 11 heteroatoms. The SMILES string of the molecule is O=C(COC(=O)[C@H](Cc1ccccc1)N1C(=O)[C@@H]2[C@H](C1=O)[C@H]1C=C[C@H]2C1)Nc1cc(C(F)(F)F)ccc1Cl. The van der Waals surface area contributed by atoms with Gasteiger partial charge in [-0.05, 0) is 42.0 Å². The van der Waals surface area contributed by atoms with E-state index in [4.69, 9.17) is 16.3 Å². The number of amides is 3. The van der Waals surface area contributed by atoms with Gasteiger partial charge in [0.15, 0.2) is 6.61 Å². The fourth-order valence-corrected chi connectivity index (χ4v) is 5.73. The number of benzene rings is 2. The van der Waals surface area contributed by atoms with Gasteiger partial charge in [0.1, 0.15) is 6.04 Å². The maximum absolute atomic E-state index is 13.3. The third-order valence-electron chi connectivity index (χ3n) is 7.27. The lowest BCUT2D eigenvalue weighted by molar-refractivity contribution is -0.160. The number of nitrogens with one attached hydrogen (secondary N) is 1. The van der Waals surface area contributed by atoms with Crippen molar-refractivity contribution < 1.29 is 37.1 Å². The van der Waals surface area contributed by atoms with Crippen LogP contribution in [0.3, 0.4) is 0 Å². The van der Waals surface area contributed by atoms with E-state index in [1.165, 1.54) is 0 Å². The van der Waals surface area contributed by atoms with Crippen molar-refractivity contribution >= 4 is 41.0 Å². The van der Waals surface area contributed by atoms with E-state index in [2.05, 4.69) is 5.32 Å². The highest BCUT2D eigenvalue weighted by Gasteiger charge is 2.61. The van der Waals surface area contributed by atoms with E-state index in [0.717, 1.165) is 23.5 Å². The number of ether oxygens (including phenoxy) is 1. The van der Waals surface area contributed by atoms with E-state index in [9.17, 15) is 32.3 Å². The van der Waals surface area contributed by atoms with Crippen LogP contribution in [0.15, 0.2) is 60.7 Å². The van der Waals surface area contributed by atoms with Gasteiger partial charge in [-0.2, -0.15) is 13.2 Å². The van der Waals surface area contributed by atoms with Crippen molar-refractivity contribution in [2.45, 2.75) is 25.1 Å². The summed E-state index contributed by atoms with van der Waals surface area (Å²) in [5.74, 6) is -3.92. The molecule has 1 saturated carbocycles. The van der Waals surface area contributed by atoms with Crippen molar-refractivity contribution in [3.63, 3.8) is 0 Å². The summed E-state index contributed by atoms with van der Waals surface area (Å²) in [7, 11) is 0. The van der Waals surface area contributed by atoms with Crippen LogP contribution in [-0.2, 0) is 36.5 Å². The molecule has 3 amide bonds. The molecule has 1 aliphatic heterocycles. The Morgan fingerprint density at radius 1 is 1.03 bits per heavy atom. The van der Waals surface area contributed by atoms with E-state index in [-0.39, 0.29) is 29.0 Å². The van der Waals surface area contributed by atoms with Crippen molar-refractivity contribution in [3.8, 4) is 0 Å². The molecule has 2 fully saturated rings. The number of hydrogen-bond donors (Lipinski definition) is 1. The number of alkyl halides is 3. The van der Waals surface area contributed by atoms with Gasteiger partial charge in [0.25, 0.3) is 5.91 Å². The average Bonchev–Trinajstić information content (AvgIpc) is 3.56. The molecule has 3 aliphatic rings. The Balaban J connectivity index is 1.31. The van der Waals surface area contributed by atoms with Crippen LogP contribution in [0.25, 0.3) is 0 Å². The fraction of sp³-hybridized carbons (Fsp3) is 0.333. The molecule has 7 nitrogen and oxygen atoms in total. The van der Waals surface area contributed by atoms with E-state index in [1.54, 1.807) is 30.3 Å². The van der Waals surface area contributed by atoms with Gasteiger partial charge in [-0.3, -0.25) is 19.3 Å². The Hall–Kier alpha value is -3.66. The number of carbonyl (C=O) groups is 4. The highest BCUT2D eigenvalue weighted by atomic mass is 35.5. The molecule has 1 N–H and O–H groups in total. The average molecular weight is 547 g/mol. The summed E-state index contributed by atoms with van der Waals surface area (Å²) in [6, 6.07) is 9.88. The van der Waals surface area contributed by atoms with Gasteiger partial charge in [0, 0.05) is 6.42 Å². The van der Waals surface area contributed by atoms with Crippen molar-refractivity contribution in [3.05, 3.63) is 76.8 Å². The number of esters is 1. The summed E-state index contributed by atoms with van der Waals surface area (Å²) in [5, 5.41) is 2.07. The Bertz CT molecular complexity index is 1300. The molecule has 0 unspecified atom stereocenters. The van der Waals surface area contributed by atoms with Crippen LogP contribution in [0.1, 0.15) is 17.5 Å². The van der Waals surface area contributed by atoms with Crippen molar-refractivity contribution in [1.29, 1.82) is 0 Å². The first-order valence-electron chi connectivity index (χ1n) is 12.0. The van der Waals surface area contributed by atoms with E-state index < -0.39 is 59.9 Å². The lowest BCUT2D eigenvalue weighted by Crippen LogP contribution is -2.48. The van der Waals surface area contributed by atoms with Crippen molar-refractivity contribution in [2.24, 2.45) is 23.7 Å². The Kier molecular flexibility index (Phi) is 6.77. The third-order valence-corrected chi connectivity index (χ3v) is 7.60. The number of likely N-dealkylation sites (tertiary alicyclic amines) is 1. The van der Waals surface area contributed by atoms with Crippen LogP contribution in [0.5, 0.6) is 0 Å². The zero-order valence-corrected chi connectivity index (χ0v) is 20.5. The van der Waals surface area contributed by atoms with Gasteiger partial charge >= 0.3 is 12.1 Å². The van der Waals surface area contributed by atoms with Gasteiger partial charge in [0.05, 0.1) is 28.1 Å². The maximum atomic E-state index is 13.3. The second kappa shape index (κ2) is 9.90. The van der Waals surface area contributed by atoms with Crippen LogP contribution in [-0.4, -0.2) is 41.2 Å². The highest BCUT2D eigenvalue weighted by molar-refractivity contribution is 6.33. The number of nitrogens with zero attached hydrogens (tertiary/aromatic N) is 1. The molecular weight excluding hydrogens is 525 g/mol. The van der Waals surface area contributed by atoms with Crippen molar-refractivity contribution in [1.82, 2.24) is 4.90 Å². The first-order valence-corrected chi connectivity index (χ1v) is 12.3. The molecular formula is C27H22ClF3N2O5. The number of halogens is 4. The van der Waals surface area contributed by atoms with Crippen molar-refractivity contribution in [2.75, 3.05) is 11.9 Å². The fourth-order valence-electron chi connectivity index (χ4n) is 5.57. The largest absolute Gasteiger partial charge is 0.454 e. The molecule has 5 atom stereocenters. The predicted molar refractivity (Wildman–Crippen MR) is 130 cm³/mol. The lowest BCUT2D eigenvalue weighted by atomic mass is 9.85. The van der Waals surface area contributed by atoms with Gasteiger partial charge in [-0.1, -0.05) is 54.1 Å². The zero-order valence-electron chi connectivity index (χ0n) is 19.8. The first-order chi connectivity index (χ1) is 18.0. The Morgan fingerprint density at radius 3 is 2.26 bits per heavy atom. The molecule has 2 aromatic rings. The maximum Gasteiger partial charge on any atom is 0.416 e. The molecule has 1 heterocycles. The minimum Gasteiger partial charge on any atom is -0.454 e. The normalized spacial score (nSPS) is 24.5. The van der Waals surface area contributed by atoms with Gasteiger partial charge in [-0.25, -0.2) is 4.79 Å². The van der Waals surface area contributed by atoms with E-state index >= 15 is 0 Å². The van der Waals surface area contributed by atoms with Gasteiger partial charge in [-0.15, -0.1) is 0 Å².